The Morgan fingerprint density at radius 1 is 0.976 bits per heavy atom. The molecular weight excluding hydrogens is 543 g/mol. The standard InChI is InChI=1S/C26H35N5O3.C2HF3O2/c1-33-23-6-4-3-5-22(23)24(26(32)34-2)31-13-11-21(12-14-31)30-17-15-29(16-18-30)20-9-7-19(8-10-20)25(27)28;3-2(4,5)1(6)7/h3-10,21,24H,11-18H2,1-2H3,(H3,27,28);(H,6,7). The van der Waals surface area contributed by atoms with Gasteiger partial charge in [0.2, 0.25) is 0 Å². The van der Waals surface area contributed by atoms with Crippen molar-refractivity contribution in [2.75, 3.05) is 58.4 Å². The number of carbonyl (C=O) groups excluding carboxylic acids is 1. The van der Waals surface area contributed by atoms with Gasteiger partial charge in [0.1, 0.15) is 17.6 Å². The number of aliphatic carboxylic acids is 1. The molecule has 4 N–H and O–H groups in total. The zero-order valence-electron chi connectivity index (χ0n) is 23.1. The van der Waals surface area contributed by atoms with E-state index in [4.69, 9.17) is 30.5 Å². The van der Waals surface area contributed by atoms with Crippen molar-refractivity contribution in [1.29, 1.82) is 5.41 Å². The number of nitrogens with zero attached hydrogens (tertiary/aromatic N) is 3. The quantitative estimate of drug-likeness (QED) is 0.257. The zero-order valence-corrected chi connectivity index (χ0v) is 23.1. The van der Waals surface area contributed by atoms with E-state index >= 15 is 0 Å². The highest BCUT2D eigenvalue weighted by atomic mass is 19.4. The second-order valence-electron chi connectivity index (χ2n) is 9.72. The number of piperazine rings is 1. The summed E-state index contributed by atoms with van der Waals surface area (Å²) < 4.78 is 42.4. The lowest BCUT2D eigenvalue weighted by Gasteiger charge is -2.44. The van der Waals surface area contributed by atoms with E-state index in [0.29, 0.717) is 11.8 Å². The van der Waals surface area contributed by atoms with Crippen LogP contribution in [-0.2, 0) is 14.3 Å². The van der Waals surface area contributed by atoms with E-state index in [-0.39, 0.29) is 11.8 Å². The van der Waals surface area contributed by atoms with Gasteiger partial charge in [0, 0.05) is 62.1 Å². The lowest BCUT2D eigenvalue weighted by molar-refractivity contribution is -0.192. The van der Waals surface area contributed by atoms with E-state index < -0.39 is 18.2 Å². The van der Waals surface area contributed by atoms with Crippen LogP contribution in [0, 0.1) is 5.41 Å². The van der Waals surface area contributed by atoms with E-state index in [1.54, 1.807) is 7.11 Å². The third-order valence-electron chi connectivity index (χ3n) is 7.34. The lowest BCUT2D eigenvalue weighted by atomic mass is 9.97. The van der Waals surface area contributed by atoms with Gasteiger partial charge >= 0.3 is 18.1 Å². The number of halogens is 3. The molecule has 10 nitrogen and oxygen atoms in total. The number of para-hydroxylation sites is 1. The summed E-state index contributed by atoms with van der Waals surface area (Å²) in [5, 5.41) is 14.7. The Morgan fingerprint density at radius 3 is 2.02 bits per heavy atom. The maximum Gasteiger partial charge on any atom is 0.490 e. The molecule has 2 aromatic carbocycles. The monoisotopic (exact) mass is 579 g/mol. The molecule has 224 valence electrons. The number of ether oxygens (including phenoxy) is 2. The SMILES string of the molecule is COC(=O)C(c1ccccc1OC)N1CCC(N2CCN(c3ccc(C(=N)N)cc3)CC2)CC1.O=C(O)C(F)(F)F. The van der Waals surface area contributed by atoms with Gasteiger partial charge in [-0.2, -0.15) is 13.2 Å². The second kappa shape index (κ2) is 14.2. The summed E-state index contributed by atoms with van der Waals surface area (Å²) in [4.78, 5) is 28.8. The number of rotatable bonds is 7. The second-order valence-corrected chi connectivity index (χ2v) is 9.72. The zero-order chi connectivity index (χ0) is 30.2. The van der Waals surface area contributed by atoms with Crippen molar-refractivity contribution in [3.8, 4) is 5.75 Å². The molecule has 2 heterocycles. The van der Waals surface area contributed by atoms with Crippen LogP contribution in [0.3, 0.4) is 0 Å². The van der Waals surface area contributed by atoms with Crippen LogP contribution >= 0.6 is 0 Å². The molecular formula is C28H36F3N5O5. The topological polar surface area (TPSA) is 132 Å². The maximum absolute atomic E-state index is 12.7. The Hall–Kier alpha value is -3.84. The Bertz CT molecular complexity index is 1180. The highest BCUT2D eigenvalue weighted by Crippen LogP contribution is 2.33. The average molecular weight is 580 g/mol. The first-order valence-electron chi connectivity index (χ1n) is 13.1. The number of esters is 1. The summed E-state index contributed by atoms with van der Waals surface area (Å²) in [7, 11) is 3.08. The molecule has 1 unspecified atom stereocenters. The molecule has 1 atom stereocenters. The first kappa shape index (κ1) is 31.7. The summed E-state index contributed by atoms with van der Waals surface area (Å²) in [6.45, 7) is 5.68. The number of nitrogens with one attached hydrogen (secondary N) is 1. The smallest absolute Gasteiger partial charge is 0.490 e. The van der Waals surface area contributed by atoms with Crippen LogP contribution in [0.2, 0.25) is 0 Å². The third kappa shape index (κ3) is 8.33. The van der Waals surface area contributed by atoms with Gasteiger partial charge in [-0.3, -0.25) is 15.2 Å². The van der Waals surface area contributed by atoms with Crippen molar-refractivity contribution in [2.24, 2.45) is 5.73 Å². The number of nitrogen functional groups attached to an aromatic ring is 1. The van der Waals surface area contributed by atoms with Gasteiger partial charge in [-0.25, -0.2) is 9.59 Å². The largest absolute Gasteiger partial charge is 0.496 e. The highest BCUT2D eigenvalue weighted by molar-refractivity contribution is 5.95. The van der Waals surface area contributed by atoms with Crippen molar-refractivity contribution < 1.29 is 37.3 Å². The number of hydrogen-bond donors (Lipinski definition) is 3. The van der Waals surface area contributed by atoms with Crippen molar-refractivity contribution in [3.63, 3.8) is 0 Å². The number of alkyl halides is 3. The van der Waals surface area contributed by atoms with E-state index in [1.807, 2.05) is 36.4 Å². The fourth-order valence-electron chi connectivity index (χ4n) is 5.18. The molecule has 0 radical (unpaired) electrons. The number of carboxylic acid groups (broad SMARTS) is 1. The van der Waals surface area contributed by atoms with Crippen LogP contribution in [0.1, 0.15) is 30.0 Å². The van der Waals surface area contributed by atoms with Gasteiger partial charge < -0.3 is 25.2 Å². The molecule has 0 aromatic heterocycles. The van der Waals surface area contributed by atoms with Crippen LogP contribution in [0.4, 0.5) is 18.9 Å². The molecule has 4 rings (SSSR count). The summed E-state index contributed by atoms with van der Waals surface area (Å²) in [5.41, 5.74) is 8.37. The number of piperidine rings is 1. The maximum atomic E-state index is 12.7. The molecule has 0 bridgehead atoms. The number of carboxylic acids is 1. The molecule has 0 saturated carbocycles. The van der Waals surface area contributed by atoms with E-state index in [0.717, 1.165) is 63.2 Å². The van der Waals surface area contributed by atoms with Gasteiger partial charge in [-0.15, -0.1) is 0 Å². The Balaban J connectivity index is 0.000000587. The molecule has 0 aliphatic carbocycles. The number of amidine groups is 1. The summed E-state index contributed by atoms with van der Waals surface area (Å²) in [5.74, 6) is -2.19. The lowest BCUT2D eigenvalue weighted by Crippen LogP contribution is -2.54. The van der Waals surface area contributed by atoms with Crippen molar-refractivity contribution in [1.82, 2.24) is 9.80 Å². The van der Waals surface area contributed by atoms with Crippen molar-refractivity contribution in [3.05, 3.63) is 59.7 Å². The minimum Gasteiger partial charge on any atom is -0.496 e. The number of carbonyl (C=O) groups is 2. The number of hydrogen-bond acceptors (Lipinski definition) is 8. The normalized spacial score (nSPS) is 17.6. The van der Waals surface area contributed by atoms with Crippen LogP contribution < -0.4 is 15.4 Å². The van der Waals surface area contributed by atoms with Gasteiger partial charge in [0.05, 0.1) is 14.2 Å². The molecule has 0 amide bonds. The molecule has 2 saturated heterocycles. The average Bonchev–Trinajstić information content (AvgIpc) is 2.98. The number of likely N-dealkylation sites (tertiary alicyclic amines) is 1. The predicted octanol–water partition coefficient (Wildman–Crippen LogP) is 3.11. The third-order valence-corrected chi connectivity index (χ3v) is 7.34. The molecule has 2 aliphatic heterocycles. The van der Waals surface area contributed by atoms with E-state index in [1.165, 1.54) is 12.8 Å². The minimum absolute atomic E-state index is 0.0999. The van der Waals surface area contributed by atoms with Gasteiger partial charge in [0.15, 0.2) is 0 Å². The van der Waals surface area contributed by atoms with Crippen molar-refractivity contribution in [2.45, 2.75) is 31.1 Å². The summed E-state index contributed by atoms with van der Waals surface area (Å²) >= 11 is 0. The van der Waals surface area contributed by atoms with Crippen molar-refractivity contribution >= 4 is 23.5 Å². The minimum atomic E-state index is -5.08. The van der Waals surface area contributed by atoms with Gasteiger partial charge in [-0.05, 0) is 43.2 Å². The Labute approximate surface area is 236 Å². The van der Waals surface area contributed by atoms with Gasteiger partial charge in [0.25, 0.3) is 0 Å². The Kier molecular flexibility index (Phi) is 11.0. The fraction of sp³-hybridized carbons (Fsp3) is 0.464. The number of nitrogens with two attached hydrogens (primary N) is 1. The van der Waals surface area contributed by atoms with Gasteiger partial charge in [-0.1, -0.05) is 18.2 Å². The predicted molar refractivity (Wildman–Crippen MR) is 147 cm³/mol. The summed E-state index contributed by atoms with van der Waals surface area (Å²) in [6.07, 6.45) is -3.04. The molecule has 2 aliphatic rings. The number of methoxy groups -OCH3 is 2. The van der Waals surface area contributed by atoms with Crippen LogP contribution in [0.15, 0.2) is 48.5 Å². The first-order chi connectivity index (χ1) is 19.5. The van der Waals surface area contributed by atoms with Crippen LogP contribution in [0.5, 0.6) is 5.75 Å². The van der Waals surface area contributed by atoms with Crippen LogP contribution in [0.25, 0.3) is 0 Å². The Morgan fingerprint density at radius 2 is 1.54 bits per heavy atom. The van der Waals surface area contributed by atoms with Crippen LogP contribution in [-0.4, -0.2) is 98.4 Å². The molecule has 41 heavy (non-hydrogen) atoms. The summed E-state index contributed by atoms with van der Waals surface area (Å²) in [6, 6.07) is 15.7. The molecule has 13 heteroatoms. The van der Waals surface area contributed by atoms with E-state index in [2.05, 4.69) is 26.8 Å². The first-order valence-corrected chi connectivity index (χ1v) is 13.1. The molecule has 2 aromatic rings. The molecule has 0 spiro atoms. The molecule has 2 fully saturated rings. The highest BCUT2D eigenvalue weighted by Gasteiger charge is 2.38. The fourth-order valence-corrected chi connectivity index (χ4v) is 5.18. The number of benzene rings is 2. The van der Waals surface area contributed by atoms with E-state index in [9.17, 15) is 18.0 Å². The number of anilines is 1.